The second-order valence-electron chi connectivity index (χ2n) is 9.14. The first kappa shape index (κ1) is 27.5. The number of nitrogens with zero attached hydrogens (tertiary/aromatic N) is 2. The van der Waals surface area contributed by atoms with Gasteiger partial charge in [0.05, 0.1) is 29.9 Å². The van der Waals surface area contributed by atoms with Crippen LogP contribution >= 0.6 is 11.6 Å². The minimum Gasteiger partial charge on any atom is -0.379 e. The van der Waals surface area contributed by atoms with Crippen LogP contribution in [0.5, 0.6) is 0 Å². The summed E-state index contributed by atoms with van der Waals surface area (Å²) in [5, 5.41) is 7.67. The summed E-state index contributed by atoms with van der Waals surface area (Å²) in [4.78, 5) is 43.0. The van der Waals surface area contributed by atoms with Crippen molar-refractivity contribution < 1.29 is 41.1 Å². The van der Waals surface area contributed by atoms with Gasteiger partial charge in [-0.1, -0.05) is 11.6 Å². The van der Waals surface area contributed by atoms with Crippen LogP contribution in [0.4, 0.5) is 27.8 Å². The quantitative estimate of drug-likeness (QED) is 0.395. The Balaban J connectivity index is 1.60. The molecular weight excluding hydrogens is 565 g/mol. The number of alkyl halides is 3. The van der Waals surface area contributed by atoms with E-state index in [0.717, 1.165) is 12.1 Å². The molecule has 1 fully saturated rings. The van der Waals surface area contributed by atoms with Crippen LogP contribution in [0.15, 0.2) is 36.4 Å². The van der Waals surface area contributed by atoms with Crippen LogP contribution in [0.1, 0.15) is 50.3 Å². The van der Waals surface area contributed by atoms with Crippen molar-refractivity contribution in [1.82, 2.24) is 20.2 Å². The molecule has 15 heteroatoms. The molecule has 1 saturated heterocycles. The van der Waals surface area contributed by atoms with Crippen molar-refractivity contribution in [3.8, 4) is 0 Å². The molecule has 0 spiro atoms. The normalized spacial score (nSPS) is 18.7. The molecule has 2 aromatic carbocycles. The van der Waals surface area contributed by atoms with E-state index in [9.17, 15) is 36.3 Å². The lowest BCUT2D eigenvalue weighted by Crippen LogP contribution is -2.42. The van der Waals surface area contributed by atoms with Gasteiger partial charge in [-0.25, -0.2) is 13.8 Å². The Morgan fingerprint density at radius 2 is 1.88 bits per heavy atom. The molecule has 210 valence electrons. The Hall–Kier alpha value is -4.04. The van der Waals surface area contributed by atoms with E-state index in [1.54, 1.807) is 0 Å². The van der Waals surface area contributed by atoms with E-state index in [1.165, 1.54) is 10.6 Å². The first-order valence-electron chi connectivity index (χ1n) is 11.8. The van der Waals surface area contributed by atoms with E-state index in [-0.39, 0.29) is 46.6 Å². The predicted octanol–water partition coefficient (Wildman–Crippen LogP) is 3.82. The van der Waals surface area contributed by atoms with Crippen molar-refractivity contribution in [2.75, 3.05) is 18.5 Å². The maximum Gasteiger partial charge on any atom is 0.416 e. The average molecular weight is 584 g/mol. The van der Waals surface area contributed by atoms with Gasteiger partial charge in [0.25, 0.3) is 11.8 Å². The van der Waals surface area contributed by atoms with Gasteiger partial charge in [-0.2, -0.15) is 13.2 Å². The lowest BCUT2D eigenvalue weighted by atomic mass is 10.0. The van der Waals surface area contributed by atoms with Gasteiger partial charge in [0.2, 0.25) is 11.7 Å². The van der Waals surface area contributed by atoms with Crippen LogP contribution in [0.3, 0.4) is 0 Å². The zero-order valence-corrected chi connectivity index (χ0v) is 21.0. The first-order valence-corrected chi connectivity index (χ1v) is 12.2. The summed E-state index contributed by atoms with van der Waals surface area (Å²) in [6, 6.07) is 3.09. The third-order valence-corrected chi connectivity index (χ3v) is 6.69. The molecule has 3 amide bonds. The number of rotatable bonds is 5. The van der Waals surface area contributed by atoms with E-state index >= 15 is 0 Å². The Morgan fingerprint density at radius 1 is 1.10 bits per heavy atom. The number of fused-ring (bicyclic) bond motifs is 1. The van der Waals surface area contributed by atoms with Crippen LogP contribution in [0.2, 0.25) is 5.02 Å². The number of ether oxygens (including phenoxy) is 1. The topological polar surface area (TPSA) is 114 Å². The molecule has 0 saturated carbocycles. The standard InChI is InChI=1S/C25H19ClF5N5O4/c26-17-2-1-13(27)8-16(17)19-20-21(35-23(38)11-5-12(25(29,30)31)7-14(28)6-11)34-22(36(20)9-18(37)33-19)24(39)32-15-3-4-40-10-15/h1-2,5-8,15,19H,3-4,9-10H2,(H,32,39)(H,33,37)(H,35,38)/t15-,19+/m1/s1. The summed E-state index contributed by atoms with van der Waals surface area (Å²) < 4.78 is 74.3. The molecule has 3 heterocycles. The zero-order chi connectivity index (χ0) is 28.8. The number of aromatic nitrogens is 2. The van der Waals surface area contributed by atoms with Gasteiger partial charge in [-0.15, -0.1) is 0 Å². The maximum absolute atomic E-state index is 14.2. The summed E-state index contributed by atoms with van der Waals surface area (Å²) >= 11 is 6.28. The van der Waals surface area contributed by atoms with Crippen LogP contribution < -0.4 is 16.0 Å². The molecule has 2 atom stereocenters. The molecule has 5 rings (SSSR count). The Kier molecular flexibility index (Phi) is 7.23. The first-order chi connectivity index (χ1) is 18.9. The largest absolute Gasteiger partial charge is 0.416 e. The molecular formula is C25H19ClF5N5O4. The molecule has 9 nitrogen and oxygen atoms in total. The third kappa shape index (κ3) is 5.49. The van der Waals surface area contributed by atoms with Gasteiger partial charge < -0.3 is 25.3 Å². The Labute approximate surface area is 227 Å². The van der Waals surface area contributed by atoms with E-state index in [0.29, 0.717) is 25.2 Å². The predicted molar refractivity (Wildman–Crippen MR) is 130 cm³/mol. The molecule has 1 aromatic heterocycles. The zero-order valence-electron chi connectivity index (χ0n) is 20.2. The number of imidazole rings is 1. The van der Waals surface area contributed by atoms with Crippen molar-refractivity contribution in [2.45, 2.75) is 31.2 Å². The molecule has 0 bridgehead atoms. The average Bonchev–Trinajstić information content (AvgIpc) is 3.52. The van der Waals surface area contributed by atoms with E-state index in [4.69, 9.17) is 16.3 Å². The highest BCUT2D eigenvalue weighted by Crippen LogP contribution is 2.36. The minimum atomic E-state index is -4.93. The number of benzene rings is 2. The number of anilines is 1. The fraction of sp³-hybridized carbons (Fsp3) is 0.280. The highest BCUT2D eigenvalue weighted by molar-refractivity contribution is 6.31. The van der Waals surface area contributed by atoms with E-state index in [1.807, 2.05) is 0 Å². The minimum absolute atomic E-state index is 0.000667. The lowest BCUT2D eigenvalue weighted by molar-refractivity contribution is -0.137. The Bertz CT molecular complexity index is 1520. The summed E-state index contributed by atoms with van der Waals surface area (Å²) in [5.74, 6) is -5.13. The summed E-state index contributed by atoms with van der Waals surface area (Å²) in [7, 11) is 0. The Morgan fingerprint density at radius 3 is 2.58 bits per heavy atom. The molecule has 3 N–H and O–H groups in total. The monoisotopic (exact) mass is 583 g/mol. The van der Waals surface area contributed by atoms with Gasteiger partial charge >= 0.3 is 6.18 Å². The fourth-order valence-corrected chi connectivity index (χ4v) is 4.75. The molecule has 3 aromatic rings. The number of carbonyl (C=O) groups is 3. The number of hydrogen-bond donors (Lipinski definition) is 3. The molecule has 2 aliphatic heterocycles. The van der Waals surface area contributed by atoms with Gasteiger partial charge in [0.15, 0.2) is 5.82 Å². The highest BCUT2D eigenvalue weighted by atomic mass is 35.5. The van der Waals surface area contributed by atoms with Gasteiger partial charge in [0.1, 0.15) is 18.2 Å². The van der Waals surface area contributed by atoms with Crippen LogP contribution in [0, 0.1) is 11.6 Å². The van der Waals surface area contributed by atoms with Crippen molar-refractivity contribution >= 4 is 35.1 Å². The molecule has 0 unspecified atom stereocenters. The van der Waals surface area contributed by atoms with Crippen molar-refractivity contribution in [1.29, 1.82) is 0 Å². The van der Waals surface area contributed by atoms with Gasteiger partial charge in [-0.3, -0.25) is 14.4 Å². The highest BCUT2D eigenvalue weighted by Gasteiger charge is 2.37. The summed E-state index contributed by atoms with van der Waals surface area (Å²) in [6.45, 7) is 0.234. The molecule has 40 heavy (non-hydrogen) atoms. The summed E-state index contributed by atoms with van der Waals surface area (Å²) in [6.07, 6.45) is -4.41. The third-order valence-electron chi connectivity index (χ3n) is 6.34. The number of nitrogens with one attached hydrogen (secondary N) is 3. The number of halogens is 6. The van der Waals surface area contributed by atoms with Crippen LogP contribution in [0.25, 0.3) is 0 Å². The van der Waals surface area contributed by atoms with Gasteiger partial charge in [0, 0.05) is 22.8 Å². The number of hydrogen-bond acceptors (Lipinski definition) is 5. The summed E-state index contributed by atoms with van der Waals surface area (Å²) in [5.41, 5.74) is -2.00. The van der Waals surface area contributed by atoms with Gasteiger partial charge in [-0.05, 0) is 42.8 Å². The van der Waals surface area contributed by atoms with Crippen molar-refractivity contribution in [3.05, 3.63) is 81.3 Å². The van der Waals surface area contributed by atoms with E-state index < -0.39 is 59.2 Å². The smallest absolute Gasteiger partial charge is 0.379 e. The SMILES string of the molecule is O=C1Cn2c(C(=O)N[C@@H]3CCOC3)nc(NC(=O)c3cc(F)cc(C(F)(F)F)c3)c2[C@H](c2cc(F)ccc2Cl)N1. The lowest BCUT2D eigenvalue weighted by Gasteiger charge is -2.28. The second kappa shape index (κ2) is 10.5. The van der Waals surface area contributed by atoms with Crippen LogP contribution in [-0.2, 0) is 22.3 Å². The number of carbonyl (C=O) groups excluding carboxylic acids is 3. The van der Waals surface area contributed by atoms with Crippen molar-refractivity contribution in [3.63, 3.8) is 0 Å². The molecule has 0 aliphatic carbocycles. The molecule has 0 radical (unpaired) electrons. The van der Waals surface area contributed by atoms with Crippen LogP contribution in [-0.4, -0.2) is 46.5 Å². The second-order valence-corrected chi connectivity index (χ2v) is 9.54. The van der Waals surface area contributed by atoms with Crippen molar-refractivity contribution in [2.24, 2.45) is 0 Å². The van der Waals surface area contributed by atoms with E-state index in [2.05, 4.69) is 20.9 Å². The number of amides is 3. The fourth-order valence-electron chi connectivity index (χ4n) is 4.53. The molecule has 2 aliphatic rings. The maximum atomic E-state index is 14.2.